The van der Waals surface area contributed by atoms with Gasteiger partial charge < -0.3 is 4.90 Å². The highest BCUT2D eigenvalue weighted by molar-refractivity contribution is 7.89. The van der Waals surface area contributed by atoms with E-state index in [0.29, 0.717) is 16.6 Å². The summed E-state index contributed by atoms with van der Waals surface area (Å²) < 4.78 is 31.2. The Hall–Kier alpha value is -0.920. The molecule has 0 aromatic carbocycles. The van der Waals surface area contributed by atoms with Crippen molar-refractivity contribution in [2.75, 3.05) is 19.6 Å². The SMILES string of the molecule is CCN(CC)CCCC(C)NS(=O)(=O)c1cn(C2CCCC2)nc1C(C)(C)C. The van der Waals surface area contributed by atoms with Crippen LogP contribution in [0.4, 0.5) is 0 Å². The Balaban J connectivity index is 2.12. The molecule has 1 heterocycles. The number of rotatable bonds is 10. The fraction of sp³-hybridized carbons (Fsp3) is 0.857. The Kier molecular flexibility index (Phi) is 8.11. The van der Waals surface area contributed by atoms with Gasteiger partial charge in [-0.2, -0.15) is 5.10 Å². The molecule has 1 aliphatic rings. The van der Waals surface area contributed by atoms with Crippen molar-refractivity contribution < 1.29 is 8.42 Å². The predicted octanol–water partition coefficient (Wildman–Crippen LogP) is 4.08. The molecule has 1 aromatic rings. The van der Waals surface area contributed by atoms with E-state index < -0.39 is 10.0 Å². The number of nitrogens with zero attached hydrogens (tertiary/aromatic N) is 3. The molecule has 28 heavy (non-hydrogen) atoms. The van der Waals surface area contributed by atoms with E-state index in [9.17, 15) is 8.42 Å². The van der Waals surface area contributed by atoms with Gasteiger partial charge in [0.15, 0.2) is 0 Å². The monoisotopic (exact) mass is 412 g/mol. The zero-order valence-electron chi connectivity index (χ0n) is 18.7. The summed E-state index contributed by atoms with van der Waals surface area (Å²) in [7, 11) is -3.59. The van der Waals surface area contributed by atoms with E-state index in [-0.39, 0.29) is 11.5 Å². The quantitative estimate of drug-likeness (QED) is 0.629. The summed E-state index contributed by atoms with van der Waals surface area (Å²) in [5.41, 5.74) is 0.349. The van der Waals surface area contributed by atoms with Gasteiger partial charge in [-0.25, -0.2) is 13.1 Å². The van der Waals surface area contributed by atoms with E-state index in [1.807, 2.05) is 32.4 Å². The lowest BCUT2D eigenvalue weighted by Gasteiger charge is -2.21. The van der Waals surface area contributed by atoms with Gasteiger partial charge in [0.05, 0.1) is 11.7 Å². The summed E-state index contributed by atoms with van der Waals surface area (Å²) in [6.45, 7) is 15.4. The molecule has 1 saturated carbocycles. The lowest BCUT2D eigenvalue weighted by molar-refractivity contribution is 0.293. The average Bonchev–Trinajstić information content (AvgIpc) is 3.26. The second kappa shape index (κ2) is 9.72. The molecule has 6 nitrogen and oxygen atoms in total. The van der Waals surface area contributed by atoms with E-state index in [0.717, 1.165) is 45.3 Å². The first kappa shape index (κ1) is 23.4. The van der Waals surface area contributed by atoms with Crippen LogP contribution in [-0.4, -0.2) is 48.8 Å². The summed E-state index contributed by atoms with van der Waals surface area (Å²) in [5, 5.41) is 4.74. The minimum atomic E-state index is -3.59. The van der Waals surface area contributed by atoms with Gasteiger partial charge in [-0.05, 0) is 52.2 Å². The van der Waals surface area contributed by atoms with Gasteiger partial charge in [0.1, 0.15) is 4.90 Å². The Bertz CT molecular complexity index is 711. The maximum Gasteiger partial charge on any atom is 0.244 e. The van der Waals surface area contributed by atoms with Gasteiger partial charge in [-0.1, -0.05) is 47.5 Å². The van der Waals surface area contributed by atoms with Crippen molar-refractivity contribution in [3.05, 3.63) is 11.9 Å². The topological polar surface area (TPSA) is 67.2 Å². The van der Waals surface area contributed by atoms with Gasteiger partial charge in [-0.3, -0.25) is 4.68 Å². The molecule has 2 rings (SSSR count). The average molecular weight is 413 g/mol. The van der Waals surface area contributed by atoms with Crippen molar-refractivity contribution in [1.82, 2.24) is 19.4 Å². The van der Waals surface area contributed by atoms with E-state index in [2.05, 4.69) is 23.5 Å². The molecule has 0 saturated heterocycles. The fourth-order valence-electron chi connectivity index (χ4n) is 4.00. The minimum Gasteiger partial charge on any atom is -0.304 e. The number of nitrogens with one attached hydrogen (secondary N) is 1. The predicted molar refractivity (Wildman–Crippen MR) is 115 cm³/mol. The first-order chi connectivity index (χ1) is 13.1. The number of sulfonamides is 1. The molecule has 1 aromatic heterocycles. The number of aromatic nitrogens is 2. The molecule has 1 fully saturated rings. The van der Waals surface area contributed by atoms with Crippen LogP contribution in [-0.2, 0) is 15.4 Å². The first-order valence-corrected chi connectivity index (χ1v) is 12.4. The molecular weight excluding hydrogens is 372 g/mol. The van der Waals surface area contributed by atoms with Crippen LogP contribution in [0.25, 0.3) is 0 Å². The molecule has 0 radical (unpaired) electrons. The molecule has 1 aliphatic carbocycles. The van der Waals surface area contributed by atoms with Crippen LogP contribution < -0.4 is 4.72 Å². The minimum absolute atomic E-state index is 0.0942. The van der Waals surface area contributed by atoms with Crippen LogP contribution in [0.3, 0.4) is 0 Å². The highest BCUT2D eigenvalue weighted by Crippen LogP contribution is 2.33. The van der Waals surface area contributed by atoms with Crippen LogP contribution >= 0.6 is 0 Å². The standard InChI is InChI=1S/C21H40N4O2S/c1-7-24(8-2)15-11-12-17(3)23-28(26,27)19-16-25(18-13-9-10-14-18)22-20(19)21(4,5)6/h16-18,23H,7-15H2,1-6H3. The lowest BCUT2D eigenvalue weighted by Crippen LogP contribution is -2.34. The van der Waals surface area contributed by atoms with Crippen molar-refractivity contribution in [3.63, 3.8) is 0 Å². The van der Waals surface area contributed by atoms with Crippen LogP contribution in [0.5, 0.6) is 0 Å². The van der Waals surface area contributed by atoms with Gasteiger partial charge in [0, 0.05) is 17.7 Å². The van der Waals surface area contributed by atoms with Crippen molar-refractivity contribution in [3.8, 4) is 0 Å². The van der Waals surface area contributed by atoms with E-state index in [1.54, 1.807) is 6.20 Å². The summed E-state index contributed by atoms with van der Waals surface area (Å²) >= 11 is 0. The fourth-order valence-corrected chi connectivity index (χ4v) is 5.62. The summed E-state index contributed by atoms with van der Waals surface area (Å²) in [4.78, 5) is 2.72. The number of hydrogen-bond acceptors (Lipinski definition) is 4. The summed E-state index contributed by atoms with van der Waals surface area (Å²) in [6, 6.07) is 0.236. The highest BCUT2D eigenvalue weighted by atomic mass is 32.2. The van der Waals surface area contributed by atoms with Crippen LogP contribution in [0.1, 0.15) is 91.8 Å². The van der Waals surface area contributed by atoms with Gasteiger partial charge in [0.2, 0.25) is 10.0 Å². The van der Waals surface area contributed by atoms with Crippen molar-refractivity contribution in [2.45, 2.75) is 102 Å². The van der Waals surface area contributed by atoms with E-state index in [4.69, 9.17) is 5.10 Å². The van der Waals surface area contributed by atoms with Crippen molar-refractivity contribution >= 4 is 10.0 Å². The lowest BCUT2D eigenvalue weighted by atomic mass is 9.92. The second-order valence-electron chi connectivity index (χ2n) is 9.20. The van der Waals surface area contributed by atoms with E-state index >= 15 is 0 Å². The normalized spacial score (nSPS) is 17.5. The third-order valence-electron chi connectivity index (χ3n) is 5.76. The molecule has 162 valence electrons. The van der Waals surface area contributed by atoms with Crippen LogP contribution in [0.2, 0.25) is 0 Å². The molecule has 1 N–H and O–H groups in total. The molecule has 0 aliphatic heterocycles. The van der Waals surface area contributed by atoms with Crippen LogP contribution in [0.15, 0.2) is 11.1 Å². The van der Waals surface area contributed by atoms with Gasteiger partial charge in [0.25, 0.3) is 0 Å². The molecular formula is C21H40N4O2S. The molecule has 0 spiro atoms. The maximum atomic E-state index is 13.2. The zero-order valence-corrected chi connectivity index (χ0v) is 19.5. The van der Waals surface area contributed by atoms with Gasteiger partial charge >= 0.3 is 0 Å². The van der Waals surface area contributed by atoms with E-state index in [1.165, 1.54) is 12.8 Å². The Labute approximate surface area is 172 Å². The largest absolute Gasteiger partial charge is 0.304 e. The maximum absolute atomic E-state index is 13.2. The first-order valence-electron chi connectivity index (χ1n) is 10.9. The summed E-state index contributed by atoms with van der Waals surface area (Å²) in [5.74, 6) is 0. The van der Waals surface area contributed by atoms with Crippen molar-refractivity contribution in [2.24, 2.45) is 0 Å². The molecule has 1 atom stereocenters. The second-order valence-corrected chi connectivity index (χ2v) is 10.9. The Morgan fingerprint density at radius 1 is 1.25 bits per heavy atom. The molecule has 0 amide bonds. The summed E-state index contributed by atoms with van der Waals surface area (Å²) in [6.07, 6.45) is 8.14. The zero-order chi connectivity index (χ0) is 20.9. The Morgan fingerprint density at radius 2 is 1.86 bits per heavy atom. The smallest absolute Gasteiger partial charge is 0.244 e. The highest BCUT2D eigenvalue weighted by Gasteiger charge is 2.32. The van der Waals surface area contributed by atoms with Crippen molar-refractivity contribution in [1.29, 1.82) is 0 Å². The number of hydrogen-bond donors (Lipinski definition) is 1. The third kappa shape index (κ3) is 6.04. The molecule has 1 unspecified atom stereocenters. The molecule has 0 bridgehead atoms. The Morgan fingerprint density at radius 3 is 2.39 bits per heavy atom. The van der Waals surface area contributed by atoms with Gasteiger partial charge in [-0.15, -0.1) is 0 Å². The van der Waals surface area contributed by atoms with Crippen LogP contribution in [0, 0.1) is 0 Å². The third-order valence-corrected chi connectivity index (χ3v) is 7.35. The molecule has 7 heteroatoms.